The van der Waals surface area contributed by atoms with E-state index in [4.69, 9.17) is 0 Å². The van der Waals surface area contributed by atoms with Crippen LogP contribution in [-0.2, 0) is 13.6 Å². The van der Waals surface area contributed by atoms with Gasteiger partial charge in [0.05, 0.1) is 18.8 Å². The highest BCUT2D eigenvalue weighted by molar-refractivity contribution is 5.80. The average Bonchev–Trinajstić information content (AvgIpc) is 3.01. The van der Waals surface area contributed by atoms with E-state index in [-0.39, 0.29) is 6.04 Å². The first kappa shape index (κ1) is 19.6. The van der Waals surface area contributed by atoms with Crippen LogP contribution in [0.3, 0.4) is 0 Å². The molecular formula is C16H27F3N6. The van der Waals surface area contributed by atoms with E-state index < -0.39 is 12.7 Å². The first-order valence-corrected chi connectivity index (χ1v) is 8.52. The van der Waals surface area contributed by atoms with E-state index in [1.807, 2.05) is 32.5 Å². The molecule has 0 saturated carbocycles. The number of alkyl halides is 3. The van der Waals surface area contributed by atoms with Gasteiger partial charge in [-0.3, -0.25) is 9.58 Å². The Morgan fingerprint density at radius 2 is 2.08 bits per heavy atom. The van der Waals surface area contributed by atoms with Gasteiger partial charge in [0.15, 0.2) is 5.96 Å². The Labute approximate surface area is 146 Å². The summed E-state index contributed by atoms with van der Waals surface area (Å²) in [7, 11) is 1.90. The predicted octanol–water partition coefficient (Wildman–Crippen LogP) is 1.73. The fourth-order valence-corrected chi connectivity index (χ4v) is 3.07. The first-order valence-electron chi connectivity index (χ1n) is 8.52. The van der Waals surface area contributed by atoms with Crippen molar-refractivity contribution in [2.24, 2.45) is 12.0 Å². The van der Waals surface area contributed by atoms with Crippen LogP contribution in [0.5, 0.6) is 0 Å². The van der Waals surface area contributed by atoms with Crippen LogP contribution in [0.15, 0.2) is 4.99 Å². The number of nitrogens with one attached hydrogen (secondary N) is 2. The van der Waals surface area contributed by atoms with Crippen molar-refractivity contribution in [3.05, 3.63) is 17.0 Å². The summed E-state index contributed by atoms with van der Waals surface area (Å²) in [5.74, 6) is 0.629. The summed E-state index contributed by atoms with van der Waals surface area (Å²) in [4.78, 5) is 6.01. The van der Waals surface area contributed by atoms with Crippen molar-refractivity contribution in [1.82, 2.24) is 25.3 Å². The summed E-state index contributed by atoms with van der Waals surface area (Å²) < 4.78 is 39.3. The molecule has 1 unspecified atom stereocenters. The molecule has 1 saturated heterocycles. The number of rotatable bonds is 5. The number of likely N-dealkylation sites (tertiary alicyclic amines) is 1. The van der Waals surface area contributed by atoms with Crippen LogP contribution < -0.4 is 10.6 Å². The maximum absolute atomic E-state index is 12.5. The summed E-state index contributed by atoms with van der Waals surface area (Å²) in [6.07, 6.45) is -3.48. The van der Waals surface area contributed by atoms with Crippen molar-refractivity contribution in [1.29, 1.82) is 0 Å². The number of aryl methyl sites for hydroxylation is 2. The number of halogens is 3. The van der Waals surface area contributed by atoms with E-state index in [0.717, 1.165) is 17.0 Å². The fraction of sp³-hybridized carbons (Fsp3) is 0.750. The second-order valence-corrected chi connectivity index (χ2v) is 6.45. The maximum atomic E-state index is 12.5. The highest BCUT2D eigenvalue weighted by Crippen LogP contribution is 2.20. The van der Waals surface area contributed by atoms with Gasteiger partial charge in [0.1, 0.15) is 0 Å². The van der Waals surface area contributed by atoms with Crippen LogP contribution in [0.25, 0.3) is 0 Å². The van der Waals surface area contributed by atoms with E-state index >= 15 is 0 Å². The minimum atomic E-state index is -4.15. The molecule has 0 spiro atoms. The third-order valence-corrected chi connectivity index (χ3v) is 4.41. The average molecular weight is 360 g/mol. The van der Waals surface area contributed by atoms with Crippen LogP contribution in [0, 0.1) is 13.8 Å². The minimum Gasteiger partial charge on any atom is -0.357 e. The second-order valence-electron chi connectivity index (χ2n) is 6.45. The molecule has 0 aromatic carbocycles. The summed E-state index contributed by atoms with van der Waals surface area (Å²) in [6.45, 7) is 7.04. The largest absolute Gasteiger partial charge is 0.401 e. The Balaban J connectivity index is 1.97. The molecule has 0 amide bonds. The van der Waals surface area contributed by atoms with Gasteiger partial charge in [-0.15, -0.1) is 0 Å². The minimum absolute atomic E-state index is 0.0313. The van der Waals surface area contributed by atoms with Crippen LogP contribution in [-0.4, -0.2) is 59.0 Å². The Bertz CT molecular complexity index is 608. The SMILES string of the molecule is CCNC(=NCc1c(C)nn(C)c1C)NC1CCN(CC(F)(F)F)C1. The van der Waals surface area contributed by atoms with Gasteiger partial charge in [-0.25, -0.2) is 4.99 Å². The van der Waals surface area contributed by atoms with Crippen molar-refractivity contribution in [2.75, 3.05) is 26.2 Å². The number of hydrogen-bond donors (Lipinski definition) is 2. The molecule has 6 nitrogen and oxygen atoms in total. The molecule has 2 rings (SSSR count). The van der Waals surface area contributed by atoms with Crippen LogP contribution in [0.1, 0.15) is 30.3 Å². The Morgan fingerprint density at radius 3 is 2.64 bits per heavy atom. The molecule has 9 heteroatoms. The first-order chi connectivity index (χ1) is 11.7. The molecule has 142 valence electrons. The number of guanidine groups is 1. The van der Waals surface area contributed by atoms with Gasteiger partial charge in [-0.05, 0) is 27.2 Å². The molecule has 1 atom stereocenters. The summed E-state index contributed by atoms with van der Waals surface area (Å²) in [5.41, 5.74) is 3.08. The molecule has 1 fully saturated rings. The number of nitrogens with zero attached hydrogens (tertiary/aromatic N) is 4. The lowest BCUT2D eigenvalue weighted by Gasteiger charge is -2.19. The monoisotopic (exact) mass is 360 g/mol. The lowest BCUT2D eigenvalue weighted by atomic mass is 10.2. The molecule has 0 aliphatic carbocycles. The fourth-order valence-electron chi connectivity index (χ4n) is 3.07. The van der Waals surface area contributed by atoms with Crippen molar-refractivity contribution in [2.45, 2.75) is 46.0 Å². The maximum Gasteiger partial charge on any atom is 0.401 e. The highest BCUT2D eigenvalue weighted by Gasteiger charge is 2.34. The topological polar surface area (TPSA) is 57.5 Å². The molecule has 0 bridgehead atoms. The number of aromatic nitrogens is 2. The predicted molar refractivity (Wildman–Crippen MR) is 91.5 cm³/mol. The van der Waals surface area contributed by atoms with Gasteiger partial charge in [-0.2, -0.15) is 18.3 Å². The molecule has 1 aliphatic heterocycles. The lowest BCUT2D eigenvalue weighted by molar-refractivity contribution is -0.143. The van der Waals surface area contributed by atoms with Gasteiger partial charge in [-0.1, -0.05) is 0 Å². The van der Waals surface area contributed by atoms with Gasteiger partial charge >= 0.3 is 6.18 Å². The van der Waals surface area contributed by atoms with Gasteiger partial charge < -0.3 is 10.6 Å². The highest BCUT2D eigenvalue weighted by atomic mass is 19.4. The van der Waals surface area contributed by atoms with Crippen LogP contribution in [0.4, 0.5) is 13.2 Å². The standard InChI is InChI=1S/C16H27F3N6/c1-5-20-15(21-8-14-11(2)23-24(4)12(14)3)22-13-6-7-25(9-13)10-16(17,18)19/h13H,5-10H2,1-4H3,(H2,20,21,22). The quantitative estimate of drug-likeness (QED) is 0.620. The van der Waals surface area contributed by atoms with Gasteiger partial charge in [0.25, 0.3) is 0 Å². The normalized spacial score (nSPS) is 19.5. The van der Waals surface area contributed by atoms with Crippen molar-refractivity contribution in [3.8, 4) is 0 Å². The Hall–Kier alpha value is -1.77. The van der Waals surface area contributed by atoms with E-state index in [2.05, 4.69) is 20.7 Å². The molecule has 2 heterocycles. The molecule has 1 aliphatic rings. The molecular weight excluding hydrogens is 333 g/mol. The zero-order valence-electron chi connectivity index (χ0n) is 15.2. The third kappa shape index (κ3) is 5.62. The molecule has 2 N–H and O–H groups in total. The summed E-state index contributed by atoms with van der Waals surface area (Å²) >= 11 is 0. The van der Waals surface area contributed by atoms with Crippen molar-refractivity contribution >= 4 is 5.96 Å². The van der Waals surface area contributed by atoms with E-state index in [1.165, 1.54) is 4.90 Å². The van der Waals surface area contributed by atoms with Gasteiger partial charge in [0, 0.05) is 44.0 Å². The summed E-state index contributed by atoms with van der Waals surface area (Å²) in [6, 6.07) is -0.0313. The Morgan fingerprint density at radius 1 is 1.36 bits per heavy atom. The smallest absolute Gasteiger partial charge is 0.357 e. The van der Waals surface area contributed by atoms with E-state index in [1.54, 1.807) is 0 Å². The lowest BCUT2D eigenvalue weighted by Crippen LogP contribution is -2.45. The Kier molecular flexibility index (Phi) is 6.31. The van der Waals surface area contributed by atoms with Crippen LogP contribution in [0.2, 0.25) is 0 Å². The molecule has 25 heavy (non-hydrogen) atoms. The second kappa shape index (κ2) is 8.07. The zero-order chi connectivity index (χ0) is 18.6. The number of hydrogen-bond acceptors (Lipinski definition) is 3. The number of aliphatic imine (C=N–C) groups is 1. The van der Waals surface area contributed by atoms with E-state index in [0.29, 0.717) is 38.6 Å². The summed E-state index contributed by atoms with van der Waals surface area (Å²) in [5, 5.41) is 10.8. The third-order valence-electron chi connectivity index (χ3n) is 4.41. The van der Waals surface area contributed by atoms with Crippen LogP contribution >= 0.6 is 0 Å². The molecule has 1 aromatic heterocycles. The van der Waals surface area contributed by atoms with Crippen molar-refractivity contribution in [3.63, 3.8) is 0 Å². The molecule has 1 aromatic rings. The molecule has 0 radical (unpaired) electrons. The van der Waals surface area contributed by atoms with Crippen molar-refractivity contribution < 1.29 is 13.2 Å². The van der Waals surface area contributed by atoms with E-state index in [9.17, 15) is 13.2 Å². The zero-order valence-corrected chi connectivity index (χ0v) is 15.2. The van der Waals surface area contributed by atoms with Gasteiger partial charge in [0.2, 0.25) is 0 Å².